The van der Waals surface area contributed by atoms with Crippen LogP contribution in [0.25, 0.3) is 0 Å². The fourth-order valence-electron chi connectivity index (χ4n) is 2.23. The number of amides is 1. The molecule has 0 radical (unpaired) electrons. The number of halogens is 1. The van der Waals surface area contributed by atoms with E-state index in [0.717, 1.165) is 5.56 Å². The summed E-state index contributed by atoms with van der Waals surface area (Å²) in [6.07, 6.45) is 0. The summed E-state index contributed by atoms with van der Waals surface area (Å²) in [7, 11) is 3.90. The average Bonchev–Trinajstić information content (AvgIpc) is 2.53. The van der Waals surface area contributed by atoms with Gasteiger partial charge in [0, 0.05) is 12.6 Å². The molecule has 1 N–H and O–H groups in total. The smallest absolute Gasteiger partial charge is 0.258 e. The van der Waals surface area contributed by atoms with E-state index < -0.39 is 5.82 Å². The minimum Gasteiger partial charge on any atom is -0.484 e. The first-order valence-corrected chi connectivity index (χ1v) is 7.42. The molecule has 0 aromatic heterocycles. The lowest BCUT2D eigenvalue weighted by Crippen LogP contribution is -2.37. The largest absolute Gasteiger partial charge is 0.484 e. The predicted octanol–water partition coefficient (Wildman–Crippen LogP) is 2.62. The molecule has 0 unspecified atom stereocenters. The van der Waals surface area contributed by atoms with Crippen LogP contribution in [0.15, 0.2) is 54.6 Å². The molecule has 1 atom stereocenters. The van der Waals surface area contributed by atoms with Gasteiger partial charge in [0.1, 0.15) is 11.6 Å². The Bertz CT molecular complexity index is 632. The molecule has 0 aliphatic heterocycles. The monoisotopic (exact) mass is 316 g/mol. The summed E-state index contributed by atoms with van der Waals surface area (Å²) in [6.45, 7) is 0.524. The van der Waals surface area contributed by atoms with Gasteiger partial charge in [0.25, 0.3) is 5.91 Å². The van der Waals surface area contributed by atoms with Crippen molar-refractivity contribution in [2.24, 2.45) is 0 Å². The van der Waals surface area contributed by atoms with Crippen molar-refractivity contribution in [2.75, 3.05) is 27.2 Å². The third kappa shape index (κ3) is 5.71. The maximum Gasteiger partial charge on any atom is 0.258 e. The zero-order chi connectivity index (χ0) is 16.7. The fraction of sp³-hybridized carbons (Fsp3) is 0.278. The molecule has 0 saturated carbocycles. The topological polar surface area (TPSA) is 41.6 Å². The Labute approximate surface area is 135 Å². The van der Waals surface area contributed by atoms with E-state index in [-0.39, 0.29) is 18.6 Å². The van der Waals surface area contributed by atoms with Gasteiger partial charge in [-0.25, -0.2) is 4.39 Å². The minimum atomic E-state index is -0.391. The van der Waals surface area contributed by atoms with E-state index >= 15 is 0 Å². The number of nitrogens with zero attached hydrogens (tertiary/aromatic N) is 1. The van der Waals surface area contributed by atoms with Crippen molar-refractivity contribution in [3.63, 3.8) is 0 Å². The predicted molar refractivity (Wildman–Crippen MR) is 87.8 cm³/mol. The molecule has 0 aliphatic carbocycles. The Hall–Kier alpha value is -2.40. The van der Waals surface area contributed by atoms with Crippen molar-refractivity contribution in [3.05, 3.63) is 66.0 Å². The second-order valence-electron chi connectivity index (χ2n) is 5.54. The van der Waals surface area contributed by atoms with E-state index in [9.17, 15) is 9.18 Å². The number of benzene rings is 2. The highest BCUT2D eigenvalue weighted by molar-refractivity contribution is 5.78. The van der Waals surface area contributed by atoms with Gasteiger partial charge in [0.2, 0.25) is 0 Å². The molecular weight excluding hydrogens is 295 g/mol. The summed E-state index contributed by atoms with van der Waals surface area (Å²) in [4.78, 5) is 14.1. The summed E-state index contributed by atoms with van der Waals surface area (Å²) >= 11 is 0. The molecule has 2 rings (SSSR count). The zero-order valence-corrected chi connectivity index (χ0v) is 13.3. The highest BCUT2D eigenvalue weighted by Gasteiger charge is 2.15. The molecule has 2 aromatic carbocycles. The van der Waals surface area contributed by atoms with Crippen molar-refractivity contribution in [1.29, 1.82) is 0 Å². The first kappa shape index (κ1) is 17.0. The number of nitrogens with one attached hydrogen (secondary N) is 1. The molecule has 1 amide bonds. The van der Waals surface area contributed by atoms with Gasteiger partial charge in [-0.3, -0.25) is 4.79 Å². The van der Waals surface area contributed by atoms with E-state index in [1.54, 1.807) is 12.1 Å². The zero-order valence-electron chi connectivity index (χ0n) is 13.3. The van der Waals surface area contributed by atoms with Crippen LogP contribution >= 0.6 is 0 Å². The van der Waals surface area contributed by atoms with E-state index in [0.29, 0.717) is 12.3 Å². The Kier molecular flexibility index (Phi) is 6.11. The molecule has 5 heteroatoms. The molecule has 0 saturated heterocycles. The Morgan fingerprint density at radius 1 is 1.17 bits per heavy atom. The highest BCUT2D eigenvalue weighted by atomic mass is 19.1. The van der Waals surface area contributed by atoms with E-state index in [2.05, 4.69) is 5.32 Å². The van der Waals surface area contributed by atoms with Crippen molar-refractivity contribution in [2.45, 2.75) is 6.04 Å². The lowest BCUT2D eigenvalue weighted by molar-refractivity contribution is -0.124. The van der Waals surface area contributed by atoms with Gasteiger partial charge in [-0.15, -0.1) is 0 Å². The fourth-order valence-corrected chi connectivity index (χ4v) is 2.23. The highest BCUT2D eigenvalue weighted by Crippen LogP contribution is 2.14. The second kappa shape index (κ2) is 8.29. The average molecular weight is 316 g/mol. The number of carbonyl (C=O) groups is 1. The van der Waals surface area contributed by atoms with Crippen molar-refractivity contribution in [1.82, 2.24) is 10.2 Å². The van der Waals surface area contributed by atoms with Gasteiger partial charge in [-0.05, 0) is 31.8 Å². The van der Waals surface area contributed by atoms with Gasteiger partial charge in [0.05, 0.1) is 6.04 Å². The maximum atomic E-state index is 13.1. The Morgan fingerprint density at radius 3 is 2.57 bits per heavy atom. The number of likely N-dealkylation sites (N-methyl/N-ethyl adjacent to an activating group) is 1. The first-order chi connectivity index (χ1) is 11.0. The summed E-state index contributed by atoms with van der Waals surface area (Å²) < 4.78 is 18.4. The molecule has 0 bridgehead atoms. The lowest BCUT2D eigenvalue weighted by atomic mass is 10.1. The summed E-state index contributed by atoms with van der Waals surface area (Å²) in [5, 5.41) is 2.95. The molecule has 0 fully saturated rings. The molecule has 122 valence electrons. The van der Waals surface area contributed by atoms with Crippen LogP contribution < -0.4 is 10.1 Å². The van der Waals surface area contributed by atoms with Gasteiger partial charge < -0.3 is 15.0 Å². The minimum absolute atomic E-state index is 0.130. The number of carbonyl (C=O) groups excluding carboxylic acids is 1. The molecule has 0 spiro atoms. The van der Waals surface area contributed by atoms with Gasteiger partial charge in [-0.1, -0.05) is 36.4 Å². The van der Waals surface area contributed by atoms with Crippen LogP contribution in [0.4, 0.5) is 4.39 Å². The molecule has 0 heterocycles. The van der Waals surface area contributed by atoms with E-state index in [1.165, 1.54) is 12.1 Å². The van der Waals surface area contributed by atoms with Crippen LogP contribution in [0.3, 0.4) is 0 Å². The van der Waals surface area contributed by atoms with Crippen molar-refractivity contribution >= 4 is 5.91 Å². The lowest BCUT2D eigenvalue weighted by Gasteiger charge is -2.23. The van der Waals surface area contributed by atoms with E-state index in [1.807, 2.05) is 49.3 Å². The number of hydrogen-bond acceptors (Lipinski definition) is 3. The second-order valence-corrected chi connectivity index (χ2v) is 5.54. The van der Waals surface area contributed by atoms with Crippen LogP contribution in [0.1, 0.15) is 11.6 Å². The summed E-state index contributed by atoms with van der Waals surface area (Å²) in [5.74, 6) is -0.299. The van der Waals surface area contributed by atoms with E-state index in [4.69, 9.17) is 4.74 Å². The van der Waals surface area contributed by atoms with Gasteiger partial charge in [0.15, 0.2) is 6.61 Å². The normalized spacial score (nSPS) is 12.0. The van der Waals surface area contributed by atoms with Crippen LogP contribution in [0, 0.1) is 5.82 Å². The van der Waals surface area contributed by atoms with Gasteiger partial charge >= 0.3 is 0 Å². The third-order valence-corrected chi connectivity index (χ3v) is 3.25. The van der Waals surface area contributed by atoms with Crippen molar-refractivity contribution in [3.8, 4) is 5.75 Å². The third-order valence-electron chi connectivity index (χ3n) is 3.25. The summed E-state index contributed by atoms with van der Waals surface area (Å²) in [5.41, 5.74) is 1.03. The molecule has 0 aliphatic rings. The number of hydrogen-bond donors (Lipinski definition) is 1. The standard InChI is InChI=1S/C18H21FN2O2/c1-21(2)12-17(14-7-4-3-5-8-14)20-18(22)13-23-16-10-6-9-15(19)11-16/h3-11,17H,12-13H2,1-2H3,(H,20,22)/t17-/m1/s1. The van der Waals surface area contributed by atoms with Crippen LogP contribution in [0.2, 0.25) is 0 Å². The first-order valence-electron chi connectivity index (χ1n) is 7.42. The number of ether oxygens (including phenoxy) is 1. The van der Waals surface area contributed by atoms with Crippen molar-refractivity contribution < 1.29 is 13.9 Å². The molecule has 4 nitrogen and oxygen atoms in total. The molecular formula is C18H21FN2O2. The maximum absolute atomic E-state index is 13.1. The Balaban J connectivity index is 1.95. The number of rotatable bonds is 7. The van der Waals surface area contributed by atoms with Gasteiger partial charge in [-0.2, -0.15) is 0 Å². The quantitative estimate of drug-likeness (QED) is 0.854. The SMILES string of the molecule is CN(C)C[C@@H](NC(=O)COc1cccc(F)c1)c1ccccc1. The molecule has 23 heavy (non-hydrogen) atoms. The van der Waals surface area contributed by atoms with Crippen LogP contribution in [0.5, 0.6) is 5.75 Å². The Morgan fingerprint density at radius 2 is 1.91 bits per heavy atom. The molecule has 2 aromatic rings. The van der Waals surface area contributed by atoms with Crippen LogP contribution in [-0.4, -0.2) is 38.1 Å². The van der Waals surface area contributed by atoms with Crippen LogP contribution in [-0.2, 0) is 4.79 Å². The summed E-state index contributed by atoms with van der Waals surface area (Å²) in [6, 6.07) is 15.4.